The summed E-state index contributed by atoms with van der Waals surface area (Å²) in [5.41, 5.74) is 0.770. The first kappa shape index (κ1) is 35.9. The van der Waals surface area contributed by atoms with E-state index in [0.717, 1.165) is 16.9 Å². The van der Waals surface area contributed by atoms with Gasteiger partial charge in [0.25, 0.3) is 11.8 Å². The highest BCUT2D eigenvalue weighted by Crippen LogP contribution is 2.35. The Morgan fingerprint density at radius 2 is 1.72 bits per heavy atom. The van der Waals surface area contributed by atoms with Gasteiger partial charge in [-0.1, -0.05) is 51.8 Å². The molecule has 11 nitrogen and oxygen atoms in total. The van der Waals surface area contributed by atoms with Crippen LogP contribution in [0.4, 0.5) is 4.79 Å². The third-order valence-corrected chi connectivity index (χ3v) is 9.41. The van der Waals surface area contributed by atoms with Crippen LogP contribution in [0.1, 0.15) is 79.5 Å². The van der Waals surface area contributed by atoms with E-state index in [0.29, 0.717) is 42.2 Å². The lowest BCUT2D eigenvalue weighted by molar-refractivity contribution is -0.146. The Hall–Kier alpha value is -3.94. The predicted octanol–water partition coefficient (Wildman–Crippen LogP) is 5.87. The Morgan fingerprint density at radius 3 is 2.40 bits per heavy atom. The van der Waals surface area contributed by atoms with Crippen molar-refractivity contribution in [2.24, 2.45) is 5.92 Å². The maximum absolute atomic E-state index is 14.0. The first-order valence-corrected chi connectivity index (χ1v) is 17.8. The lowest BCUT2D eigenvalue weighted by atomic mass is 10.0. The van der Waals surface area contributed by atoms with Gasteiger partial charge in [-0.15, -0.1) is 22.7 Å². The zero-order valence-corrected chi connectivity index (χ0v) is 28.9. The molecule has 0 spiro atoms. The Labute approximate surface area is 284 Å². The molecule has 0 saturated heterocycles. The SMILES string of the molecule is CCCC[C@H](NC(=O)N[C@@H](CCN[C@H](C(=O)OCC)C(C)C)c1ccc2c(c1)OCO2)C(=O)N(Cc1cccs1)C(=O)c1cccs1. The number of amides is 4. The second-order valence-corrected chi connectivity index (χ2v) is 13.5. The van der Waals surface area contributed by atoms with E-state index in [2.05, 4.69) is 16.0 Å². The van der Waals surface area contributed by atoms with Crippen LogP contribution in [0, 0.1) is 5.92 Å². The van der Waals surface area contributed by atoms with Crippen molar-refractivity contribution in [1.29, 1.82) is 0 Å². The molecule has 254 valence electrons. The highest BCUT2D eigenvalue weighted by atomic mass is 32.1. The molecule has 0 saturated carbocycles. The summed E-state index contributed by atoms with van der Waals surface area (Å²) in [6.45, 7) is 8.55. The van der Waals surface area contributed by atoms with E-state index >= 15 is 0 Å². The lowest BCUT2D eigenvalue weighted by Crippen LogP contribution is -2.53. The highest BCUT2D eigenvalue weighted by molar-refractivity contribution is 7.12. The normalized spacial score (nSPS) is 13.9. The van der Waals surface area contributed by atoms with Crippen LogP contribution in [-0.2, 0) is 20.9 Å². The molecule has 0 fully saturated rings. The van der Waals surface area contributed by atoms with E-state index < -0.39 is 36.0 Å². The quantitative estimate of drug-likeness (QED) is 0.150. The zero-order valence-electron chi connectivity index (χ0n) is 27.3. The van der Waals surface area contributed by atoms with Gasteiger partial charge in [0.1, 0.15) is 12.1 Å². The van der Waals surface area contributed by atoms with Gasteiger partial charge < -0.3 is 30.2 Å². The van der Waals surface area contributed by atoms with Crippen LogP contribution in [-0.4, -0.2) is 60.7 Å². The second-order valence-electron chi connectivity index (χ2n) is 11.5. The fourth-order valence-corrected chi connectivity index (χ4v) is 6.58. The van der Waals surface area contributed by atoms with Gasteiger partial charge in [-0.05, 0) is 72.8 Å². The van der Waals surface area contributed by atoms with Crippen LogP contribution < -0.4 is 25.4 Å². The van der Waals surface area contributed by atoms with E-state index in [1.165, 1.54) is 27.6 Å². The number of esters is 1. The van der Waals surface area contributed by atoms with Crippen molar-refractivity contribution in [2.75, 3.05) is 19.9 Å². The van der Waals surface area contributed by atoms with Crippen molar-refractivity contribution in [3.63, 3.8) is 0 Å². The van der Waals surface area contributed by atoms with Gasteiger partial charge in [-0.2, -0.15) is 0 Å². The van der Waals surface area contributed by atoms with E-state index in [4.69, 9.17) is 14.2 Å². The number of carbonyl (C=O) groups excluding carboxylic acids is 4. The summed E-state index contributed by atoms with van der Waals surface area (Å²) >= 11 is 2.73. The molecular formula is C34H44N4O7S2. The van der Waals surface area contributed by atoms with Gasteiger partial charge in [0, 0.05) is 4.88 Å². The number of urea groups is 1. The number of unbranched alkanes of at least 4 members (excludes halogenated alkanes) is 1. The molecule has 0 aliphatic carbocycles. The molecule has 3 atom stereocenters. The minimum atomic E-state index is -0.927. The predicted molar refractivity (Wildman–Crippen MR) is 182 cm³/mol. The van der Waals surface area contributed by atoms with Gasteiger partial charge in [-0.25, -0.2) is 4.79 Å². The molecule has 1 aliphatic rings. The summed E-state index contributed by atoms with van der Waals surface area (Å²) in [5, 5.41) is 12.9. The van der Waals surface area contributed by atoms with Crippen molar-refractivity contribution >= 4 is 46.5 Å². The van der Waals surface area contributed by atoms with E-state index in [-0.39, 0.29) is 31.8 Å². The average molecular weight is 685 g/mol. The fraction of sp³-hybridized carbons (Fsp3) is 0.471. The minimum absolute atomic E-state index is 0.00588. The van der Waals surface area contributed by atoms with Crippen molar-refractivity contribution in [3.05, 3.63) is 68.5 Å². The number of hydrogen-bond donors (Lipinski definition) is 3. The summed E-state index contributed by atoms with van der Waals surface area (Å²) in [5.74, 6) is -0.00290. The molecule has 3 aromatic rings. The molecule has 13 heteroatoms. The summed E-state index contributed by atoms with van der Waals surface area (Å²) in [6, 6.07) is 10.2. The van der Waals surface area contributed by atoms with E-state index in [1.807, 2.05) is 50.4 Å². The Kier molecular flexibility index (Phi) is 13.6. The van der Waals surface area contributed by atoms with Crippen LogP contribution in [0.5, 0.6) is 11.5 Å². The molecule has 0 bridgehead atoms. The number of imide groups is 1. The van der Waals surface area contributed by atoms with Crippen LogP contribution in [0.15, 0.2) is 53.2 Å². The molecule has 4 amide bonds. The molecule has 2 aromatic heterocycles. The van der Waals surface area contributed by atoms with Gasteiger partial charge in [0.15, 0.2) is 11.5 Å². The number of fused-ring (bicyclic) bond motifs is 1. The number of thiophene rings is 2. The Balaban J connectivity index is 1.52. The molecule has 1 aliphatic heterocycles. The molecule has 1 aromatic carbocycles. The summed E-state index contributed by atoms with van der Waals surface area (Å²) < 4.78 is 16.3. The van der Waals surface area contributed by atoms with Crippen molar-refractivity contribution < 1.29 is 33.4 Å². The topological polar surface area (TPSA) is 135 Å². The highest BCUT2D eigenvalue weighted by Gasteiger charge is 2.32. The number of rotatable bonds is 17. The first-order chi connectivity index (χ1) is 22.7. The molecule has 3 N–H and O–H groups in total. The van der Waals surface area contributed by atoms with Gasteiger partial charge >= 0.3 is 12.0 Å². The minimum Gasteiger partial charge on any atom is -0.465 e. The van der Waals surface area contributed by atoms with E-state index in [9.17, 15) is 19.2 Å². The molecular weight excluding hydrogens is 641 g/mol. The third kappa shape index (κ3) is 10.0. The maximum atomic E-state index is 14.0. The monoisotopic (exact) mass is 684 g/mol. The number of hydrogen-bond acceptors (Lipinski definition) is 10. The molecule has 0 unspecified atom stereocenters. The van der Waals surface area contributed by atoms with Crippen LogP contribution in [0.3, 0.4) is 0 Å². The number of ether oxygens (including phenoxy) is 3. The largest absolute Gasteiger partial charge is 0.465 e. The zero-order chi connectivity index (χ0) is 33.8. The number of benzene rings is 1. The molecule has 47 heavy (non-hydrogen) atoms. The number of nitrogens with zero attached hydrogens (tertiary/aromatic N) is 1. The van der Waals surface area contributed by atoms with Crippen molar-refractivity contribution in [3.8, 4) is 11.5 Å². The lowest BCUT2D eigenvalue weighted by Gasteiger charge is -2.28. The molecule has 0 radical (unpaired) electrons. The summed E-state index contributed by atoms with van der Waals surface area (Å²) in [4.78, 5) is 56.3. The Bertz CT molecular complexity index is 1460. The fourth-order valence-electron chi connectivity index (χ4n) is 5.21. The van der Waals surface area contributed by atoms with Crippen LogP contribution in [0.2, 0.25) is 0 Å². The first-order valence-electron chi connectivity index (χ1n) is 16.0. The number of carbonyl (C=O) groups is 4. The Morgan fingerprint density at radius 1 is 0.957 bits per heavy atom. The average Bonchev–Trinajstić information content (AvgIpc) is 3.86. The van der Waals surface area contributed by atoms with E-state index in [1.54, 1.807) is 30.5 Å². The third-order valence-electron chi connectivity index (χ3n) is 7.70. The smallest absolute Gasteiger partial charge is 0.323 e. The van der Waals surface area contributed by atoms with Crippen LogP contribution in [0.25, 0.3) is 0 Å². The number of nitrogens with one attached hydrogen (secondary N) is 3. The van der Waals surface area contributed by atoms with Gasteiger partial charge in [0.2, 0.25) is 6.79 Å². The standard InChI is InChI=1S/C34H44N4O7S2/c1-5-7-11-26(31(39)38(20-24-10-8-17-46-24)32(40)29-12-9-18-47-29)37-34(42)36-25(23-13-14-27-28(19-23)45-21-44-27)15-16-35-30(22(3)4)33(41)43-6-2/h8-10,12-14,17-19,22,25-26,30,35H,5-7,11,15-16,20-21H2,1-4H3,(H2,36,37,42)/t25-,26-,30-/m0/s1. The second kappa shape index (κ2) is 17.8. The summed E-state index contributed by atoms with van der Waals surface area (Å²) in [6.07, 6.45) is 2.27. The summed E-state index contributed by atoms with van der Waals surface area (Å²) in [7, 11) is 0. The van der Waals surface area contributed by atoms with Crippen molar-refractivity contribution in [1.82, 2.24) is 20.9 Å². The van der Waals surface area contributed by atoms with Crippen molar-refractivity contribution in [2.45, 2.75) is 78.0 Å². The van der Waals surface area contributed by atoms with Gasteiger partial charge in [0.05, 0.1) is 24.1 Å². The molecule has 4 rings (SSSR count). The maximum Gasteiger partial charge on any atom is 0.323 e. The van der Waals surface area contributed by atoms with Crippen LogP contribution >= 0.6 is 22.7 Å². The van der Waals surface area contributed by atoms with Gasteiger partial charge in [-0.3, -0.25) is 19.3 Å². The molecule has 3 heterocycles.